The van der Waals surface area contributed by atoms with Crippen molar-refractivity contribution in [3.8, 4) is 0 Å². The number of nitrogens with zero attached hydrogens (tertiary/aromatic N) is 3. The topological polar surface area (TPSA) is 88.6 Å². The predicted octanol–water partition coefficient (Wildman–Crippen LogP) is 1.76. The normalized spacial score (nSPS) is 11.8. The van der Waals surface area contributed by atoms with Crippen molar-refractivity contribution in [2.75, 3.05) is 6.26 Å². The van der Waals surface area contributed by atoms with Crippen molar-refractivity contribution in [3.05, 3.63) is 26.7 Å². The lowest BCUT2D eigenvalue weighted by molar-refractivity contribution is -0.112. The molecule has 0 aliphatic heterocycles. The quantitative estimate of drug-likeness (QED) is 0.520. The van der Waals surface area contributed by atoms with E-state index in [1.165, 1.54) is 31.0 Å². The minimum atomic E-state index is -0.351. The van der Waals surface area contributed by atoms with Crippen molar-refractivity contribution in [3.63, 3.8) is 0 Å². The number of ketones is 1. The number of hydrogen-bond donors (Lipinski definition) is 1. The second kappa shape index (κ2) is 5.62. The molecule has 0 spiro atoms. The second-order valence-electron chi connectivity index (χ2n) is 3.59. The fraction of sp³-hybridized carbons (Fsp3) is 0.182. The van der Waals surface area contributed by atoms with Gasteiger partial charge in [0.1, 0.15) is 0 Å². The molecule has 1 N–H and O–H groups in total. The number of Topliss-reactive ketones (excluding diaryl/α,β-unsaturated/α-hetero) is 1. The van der Waals surface area contributed by atoms with Crippen molar-refractivity contribution < 1.29 is 4.79 Å². The van der Waals surface area contributed by atoms with Gasteiger partial charge >= 0.3 is 0 Å². The molecule has 0 aliphatic rings. The fourth-order valence-corrected chi connectivity index (χ4v) is 1.92. The average Bonchev–Trinajstić information content (AvgIpc) is 2.39. The fourth-order valence-electron chi connectivity index (χ4n) is 1.31. The molecule has 0 bridgehead atoms. The van der Waals surface area contributed by atoms with Gasteiger partial charge in [0.25, 0.3) is 5.56 Å². The monoisotopic (exact) mass is 340 g/mol. The highest BCUT2D eigenvalue weighted by Crippen LogP contribution is 2.13. The molecular weight excluding hydrogens is 332 g/mol. The molecule has 2 rings (SSSR count). The minimum absolute atomic E-state index is 0.133. The summed E-state index contributed by atoms with van der Waals surface area (Å²) in [6, 6.07) is 0. The smallest absolute Gasteiger partial charge is 0.279 e. The first-order valence-corrected chi connectivity index (χ1v) is 7.22. The molecule has 2 aromatic rings. The number of aromatic nitrogens is 4. The van der Waals surface area contributed by atoms with Crippen molar-refractivity contribution >= 4 is 50.7 Å². The zero-order valence-electron chi connectivity index (χ0n) is 10.1. The standard InChI is InChI=1S/C11H9BrN4O2S/c1-5(17)7(12)3-6-4-13-9-8(14-6)10(18)16-11(15-9)19-2/h3-4H,1-2H3,(H,13,15,16,18)/b7-3-. The maximum atomic E-state index is 11.8. The minimum Gasteiger partial charge on any atom is -0.299 e. The highest BCUT2D eigenvalue weighted by molar-refractivity contribution is 9.12. The number of halogens is 1. The van der Waals surface area contributed by atoms with Crippen LogP contribution >= 0.6 is 27.7 Å². The Morgan fingerprint density at radius 3 is 2.84 bits per heavy atom. The van der Waals surface area contributed by atoms with Gasteiger partial charge < -0.3 is 0 Å². The van der Waals surface area contributed by atoms with Crippen LogP contribution in [-0.4, -0.2) is 32.0 Å². The van der Waals surface area contributed by atoms with Gasteiger partial charge in [-0.15, -0.1) is 0 Å². The number of aromatic amines is 1. The Morgan fingerprint density at radius 2 is 2.21 bits per heavy atom. The number of fused-ring (bicyclic) bond motifs is 1. The van der Waals surface area contributed by atoms with E-state index in [1.54, 1.807) is 6.26 Å². The van der Waals surface area contributed by atoms with Gasteiger partial charge in [0.2, 0.25) is 0 Å². The molecule has 0 aliphatic carbocycles. The summed E-state index contributed by atoms with van der Waals surface area (Å²) in [6.07, 6.45) is 4.78. The van der Waals surface area contributed by atoms with E-state index >= 15 is 0 Å². The number of H-pyrrole nitrogens is 1. The summed E-state index contributed by atoms with van der Waals surface area (Å²) in [6.45, 7) is 1.42. The molecule has 2 heterocycles. The largest absolute Gasteiger partial charge is 0.299 e. The van der Waals surface area contributed by atoms with Gasteiger partial charge in [0, 0.05) is 0 Å². The van der Waals surface area contributed by atoms with Crippen LogP contribution in [0.5, 0.6) is 0 Å². The number of allylic oxidation sites excluding steroid dienone is 1. The first-order valence-electron chi connectivity index (χ1n) is 5.20. The predicted molar refractivity (Wildman–Crippen MR) is 77.3 cm³/mol. The molecule has 0 saturated heterocycles. The average molecular weight is 341 g/mol. The molecule has 0 radical (unpaired) electrons. The van der Waals surface area contributed by atoms with Crippen LogP contribution in [0.4, 0.5) is 0 Å². The molecular formula is C11H9BrN4O2S. The molecule has 0 aromatic carbocycles. The maximum absolute atomic E-state index is 11.8. The van der Waals surface area contributed by atoms with Crippen LogP contribution in [0.25, 0.3) is 17.2 Å². The summed E-state index contributed by atoms with van der Waals surface area (Å²) >= 11 is 4.44. The van der Waals surface area contributed by atoms with Crippen molar-refractivity contribution in [2.45, 2.75) is 12.1 Å². The third-order valence-corrected chi connectivity index (χ3v) is 3.59. The van der Waals surface area contributed by atoms with Gasteiger partial charge in [-0.25, -0.2) is 15.0 Å². The number of thioether (sulfide) groups is 1. The summed E-state index contributed by atoms with van der Waals surface area (Å²) in [4.78, 5) is 37.9. The zero-order chi connectivity index (χ0) is 14.0. The molecule has 0 amide bonds. The van der Waals surface area contributed by atoms with Gasteiger partial charge in [-0.05, 0) is 35.2 Å². The van der Waals surface area contributed by atoms with Crippen LogP contribution in [0.1, 0.15) is 12.6 Å². The van der Waals surface area contributed by atoms with Crippen LogP contribution in [0, 0.1) is 0 Å². The highest BCUT2D eigenvalue weighted by atomic mass is 79.9. The SMILES string of the molecule is CSc1nc2ncc(/C=C(\Br)C(C)=O)nc2c(=O)[nH]1. The maximum Gasteiger partial charge on any atom is 0.279 e. The Kier molecular flexibility index (Phi) is 4.11. The van der Waals surface area contributed by atoms with E-state index in [-0.39, 0.29) is 22.5 Å². The van der Waals surface area contributed by atoms with E-state index < -0.39 is 0 Å². The lowest BCUT2D eigenvalue weighted by Gasteiger charge is -2.00. The number of nitrogens with one attached hydrogen (secondary N) is 1. The van der Waals surface area contributed by atoms with Crippen molar-refractivity contribution in [2.24, 2.45) is 0 Å². The van der Waals surface area contributed by atoms with Crippen molar-refractivity contribution in [1.29, 1.82) is 0 Å². The summed E-state index contributed by atoms with van der Waals surface area (Å²) < 4.78 is 0.367. The van der Waals surface area contributed by atoms with Crippen LogP contribution in [-0.2, 0) is 4.79 Å². The Balaban J connectivity index is 2.59. The lowest BCUT2D eigenvalue weighted by atomic mass is 10.3. The van der Waals surface area contributed by atoms with E-state index in [0.717, 1.165) is 0 Å². The number of carbonyl (C=O) groups excluding carboxylic acids is 1. The van der Waals surface area contributed by atoms with Crippen molar-refractivity contribution in [1.82, 2.24) is 19.9 Å². The van der Waals surface area contributed by atoms with Crippen LogP contribution in [0.3, 0.4) is 0 Å². The van der Waals surface area contributed by atoms with Gasteiger partial charge in [-0.2, -0.15) is 0 Å². The van der Waals surface area contributed by atoms with Crippen LogP contribution in [0.15, 0.2) is 20.6 Å². The van der Waals surface area contributed by atoms with E-state index in [9.17, 15) is 9.59 Å². The van der Waals surface area contributed by atoms with Gasteiger partial charge in [-0.3, -0.25) is 14.6 Å². The molecule has 6 nitrogen and oxygen atoms in total. The second-order valence-corrected chi connectivity index (χ2v) is 5.24. The van der Waals surface area contributed by atoms with E-state index in [1.807, 2.05) is 0 Å². The zero-order valence-corrected chi connectivity index (χ0v) is 12.5. The number of rotatable bonds is 3. The van der Waals surface area contributed by atoms with E-state index in [4.69, 9.17) is 0 Å². The first-order chi connectivity index (χ1) is 9.01. The Bertz CT molecular complexity index is 741. The van der Waals surface area contributed by atoms with Gasteiger partial charge in [0.05, 0.1) is 16.4 Å². The Morgan fingerprint density at radius 1 is 1.47 bits per heavy atom. The van der Waals surface area contributed by atoms with Gasteiger partial charge in [-0.1, -0.05) is 11.8 Å². The number of carbonyl (C=O) groups is 1. The molecule has 2 aromatic heterocycles. The molecule has 19 heavy (non-hydrogen) atoms. The lowest BCUT2D eigenvalue weighted by Crippen LogP contribution is -2.12. The number of hydrogen-bond acceptors (Lipinski definition) is 6. The third-order valence-electron chi connectivity index (χ3n) is 2.22. The molecule has 0 fully saturated rings. The van der Waals surface area contributed by atoms with Gasteiger partial charge in [0.15, 0.2) is 22.1 Å². The molecule has 0 saturated carbocycles. The third kappa shape index (κ3) is 3.07. The summed E-state index contributed by atoms with van der Waals surface area (Å²) in [7, 11) is 0. The molecule has 0 atom stereocenters. The van der Waals surface area contributed by atoms with Crippen LogP contribution < -0.4 is 5.56 Å². The van der Waals surface area contributed by atoms with E-state index in [0.29, 0.717) is 15.3 Å². The molecule has 0 unspecified atom stereocenters. The van der Waals surface area contributed by atoms with Crippen LogP contribution in [0.2, 0.25) is 0 Å². The first kappa shape index (κ1) is 13.9. The molecule has 8 heteroatoms. The Labute approximate surface area is 120 Å². The van der Waals surface area contributed by atoms with E-state index in [2.05, 4.69) is 35.9 Å². The highest BCUT2D eigenvalue weighted by Gasteiger charge is 2.07. The molecule has 98 valence electrons. The Hall–Kier alpha value is -1.54. The summed E-state index contributed by atoms with van der Waals surface area (Å²) in [5, 5.41) is 0.486. The summed E-state index contributed by atoms with van der Waals surface area (Å²) in [5.41, 5.74) is 0.495. The summed E-state index contributed by atoms with van der Waals surface area (Å²) in [5.74, 6) is -0.133.